The Morgan fingerprint density at radius 2 is 1.19 bits per heavy atom. The molecule has 0 unspecified atom stereocenters. The van der Waals surface area contributed by atoms with Crippen molar-refractivity contribution in [2.75, 3.05) is 86.3 Å². The van der Waals surface area contributed by atoms with Gasteiger partial charge in [0.2, 0.25) is 0 Å². The van der Waals surface area contributed by atoms with Gasteiger partial charge in [0.25, 0.3) is 5.91 Å². The Morgan fingerprint density at radius 3 is 1.56 bits per heavy atom. The first-order valence-electron chi connectivity index (χ1n) is 21.9. The zero-order valence-electron chi connectivity index (χ0n) is 38.8. The van der Waals surface area contributed by atoms with Crippen LogP contribution in [0.3, 0.4) is 0 Å². The van der Waals surface area contributed by atoms with E-state index in [1.807, 2.05) is 11.0 Å². The Morgan fingerprint density at radius 1 is 0.708 bits per heavy atom. The Labute approximate surface area is 416 Å². The molecule has 72 heavy (non-hydrogen) atoms. The van der Waals surface area contributed by atoms with Crippen molar-refractivity contribution in [2.45, 2.75) is 37.9 Å². The second kappa shape index (κ2) is 26.3. The molecular formula is C46H51ClF2N10O13. The molecule has 0 radical (unpaired) electrons. The number of pyridine rings is 2. The van der Waals surface area contributed by atoms with Gasteiger partial charge in [-0.15, -0.1) is 12.4 Å². The fraction of sp³-hybridized carbons (Fsp3) is 0.348. The number of carboxylic acids is 1. The van der Waals surface area contributed by atoms with Crippen LogP contribution in [0.2, 0.25) is 0 Å². The van der Waals surface area contributed by atoms with E-state index < -0.39 is 61.1 Å². The summed E-state index contributed by atoms with van der Waals surface area (Å²) >= 11 is 0. The summed E-state index contributed by atoms with van der Waals surface area (Å²) in [6, 6.07) is 16.1. The van der Waals surface area contributed by atoms with Crippen LogP contribution in [-0.2, 0) is 38.1 Å². The van der Waals surface area contributed by atoms with Gasteiger partial charge in [-0.1, -0.05) is 0 Å². The molecular weight excluding hydrogens is 974 g/mol. The number of anilines is 4. The number of halogens is 3. The fourth-order valence-electron chi connectivity index (χ4n) is 7.23. The molecule has 2 aromatic heterocycles. The number of aromatic nitrogens is 2. The number of carboxylic acid groups (broad SMARTS) is 1. The van der Waals surface area contributed by atoms with Crippen LogP contribution in [0.5, 0.6) is 0 Å². The zero-order valence-corrected chi connectivity index (χ0v) is 39.7. The summed E-state index contributed by atoms with van der Waals surface area (Å²) in [6.07, 6.45) is 5.11. The molecule has 3 amide bonds. The number of aliphatic hydroxyl groups is 2. The van der Waals surface area contributed by atoms with Crippen LogP contribution in [-0.4, -0.2) is 158 Å². The van der Waals surface area contributed by atoms with E-state index in [2.05, 4.69) is 35.1 Å². The van der Waals surface area contributed by atoms with Crippen LogP contribution in [0.25, 0.3) is 22.3 Å². The molecule has 8 rings (SSSR count). The number of hydrogen-bond donors (Lipinski definition) is 4. The van der Waals surface area contributed by atoms with E-state index in [-0.39, 0.29) is 50.3 Å². The lowest BCUT2D eigenvalue weighted by Crippen LogP contribution is -2.41. The number of carbonyl (C=O) groups excluding carboxylic acids is 5. The first-order chi connectivity index (χ1) is 34.2. The number of esters is 2. The number of cyclic esters (lactones) is 2. The number of nitrogens with zero attached hydrogens (tertiary/aromatic N) is 9. The van der Waals surface area contributed by atoms with Crippen molar-refractivity contribution in [3.63, 3.8) is 0 Å². The molecule has 23 nitrogen and oxygen atoms in total. The molecule has 0 saturated carbocycles. The van der Waals surface area contributed by atoms with E-state index in [0.717, 1.165) is 18.9 Å². The normalized spacial score (nSPS) is 16.8. The van der Waals surface area contributed by atoms with Gasteiger partial charge in [-0.05, 0) is 73.5 Å². The molecule has 4 N–H and O–H groups in total. The van der Waals surface area contributed by atoms with Gasteiger partial charge in [-0.25, -0.2) is 38.1 Å². The van der Waals surface area contributed by atoms with Crippen molar-refractivity contribution >= 4 is 84.1 Å². The average molecular weight is 1030 g/mol. The van der Waals surface area contributed by atoms with Crippen molar-refractivity contribution < 1.29 is 71.8 Å². The number of carbonyl (C=O) groups is 6. The fourth-order valence-corrected chi connectivity index (χ4v) is 7.23. The molecule has 4 aliphatic rings. The molecule has 0 spiro atoms. The maximum atomic E-state index is 15.0. The second-order valence-electron chi connectivity index (χ2n) is 15.6. The van der Waals surface area contributed by atoms with Gasteiger partial charge in [-0.3, -0.25) is 24.2 Å². The molecule has 2 atom stereocenters. The Hall–Kier alpha value is -8.03. The van der Waals surface area contributed by atoms with Crippen molar-refractivity contribution in [1.82, 2.24) is 20.4 Å². The first-order valence-corrected chi connectivity index (χ1v) is 21.9. The standard InChI is InChI=1S/C23H24FN5O6.C21H22FN5O4.C2H4O3.ClH/c1-34-22(32)7-4-17-12-28(23(33)35-17)16-3-5-18(19(24)10-16)15-2-6-20(25-11-15)27-8-9-29(26-14-27)21(31)13-30;1-30-20(28)7-4-16-12-27(21(29)31-16)15-3-5-17(18(22)10-15)14-2-6-19(23-11-14)26-9-8-24-25-13-26;3-1-2(4)5;/h2-3,5-6,10-11,14,17,30H,4,7-9,12-13H2,1H3;2-3,5-6,10-11,13,16,24H,4,7-9,12H2,1H3;3H,1H2,(H,4,5);1H/t17-;16-;;/m00../s1. The van der Waals surface area contributed by atoms with E-state index in [1.165, 1.54) is 53.7 Å². The number of methoxy groups -OCH3 is 2. The predicted molar refractivity (Wildman–Crippen MR) is 257 cm³/mol. The number of aliphatic hydroxyl groups excluding tert-OH is 2. The quantitative estimate of drug-likeness (QED) is 0.103. The van der Waals surface area contributed by atoms with Gasteiger partial charge >= 0.3 is 30.1 Å². The van der Waals surface area contributed by atoms with Crippen LogP contribution in [0.1, 0.15) is 25.7 Å². The summed E-state index contributed by atoms with van der Waals surface area (Å²) in [5.41, 5.74) is 5.49. The summed E-state index contributed by atoms with van der Waals surface area (Å²) in [6.45, 7) is 1.28. The second-order valence-corrected chi connectivity index (χ2v) is 15.6. The van der Waals surface area contributed by atoms with Crippen molar-refractivity contribution in [2.24, 2.45) is 10.2 Å². The monoisotopic (exact) mass is 1020 g/mol. The maximum Gasteiger partial charge on any atom is 0.414 e. The SMILES string of the molecule is COC(=O)CC[C@H]1CN(c2ccc(-c3ccc(N4C=NN(C(=O)CO)CC4)nc3)c(F)c2)C(=O)O1.COC(=O)CC[C@H]1CN(c2ccc(-c3ccc(N4C=NNCC4)nc3)c(F)c2)C(=O)O1.Cl.O=C(O)CO. The molecule has 0 aliphatic carbocycles. The van der Waals surface area contributed by atoms with Crippen LogP contribution in [0.4, 0.5) is 41.4 Å². The van der Waals surface area contributed by atoms with E-state index in [1.54, 1.807) is 59.9 Å². The van der Waals surface area contributed by atoms with Crippen LogP contribution in [0.15, 0.2) is 83.3 Å². The van der Waals surface area contributed by atoms with Gasteiger partial charge in [0, 0.05) is 60.6 Å². The van der Waals surface area contributed by atoms with E-state index in [9.17, 15) is 32.8 Å². The van der Waals surface area contributed by atoms with E-state index in [0.29, 0.717) is 65.4 Å². The summed E-state index contributed by atoms with van der Waals surface area (Å²) in [7, 11) is 2.60. The molecule has 2 fully saturated rings. The highest BCUT2D eigenvalue weighted by Gasteiger charge is 2.34. The maximum absolute atomic E-state index is 15.0. The highest BCUT2D eigenvalue weighted by Crippen LogP contribution is 2.32. The summed E-state index contributed by atoms with van der Waals surface area (Å²) in [4.78, 5) is 82.7. The first kappa shape index (κ1) is 54.9. The number of benzene rings is 2. The van der Waals surface area contributed by atoms with E-state index in [4.69, 9.17) is 29.6 Å². The Balaban J connectivity index is 0.000000243. The number of hydrogen-bond acceptors (Lipinski definition) is 19. The number of rotatable bonds is 14. The number of nitrogens with one attached hydrogen (secondary N) is 1. The van der Waals surface area contributed by atoms with Crippen molar-refractivity contribution in [1.29, 1.82) is 0 Å². The minimum atomic E-state index is -1.19. The molecule has 6 heterocycles. The number of ether oxygens (including phenoxy) is 4. The summed E-state index contributed by atoms with van der Waals surface area (Å²) in [5, 5.41) is 33.1. The number of amides is 3. The van der Waals surface area contributed by atoms with E-state index >= 15 is 0 Å². The minimum absolute atomic E-state index is 0. The molecule has 0 bridgehead atoms. The third-order valence-electron chi connectivity index (χ3n) is 11.0. The number of hydrazone groups is 2. The lowest BCUT2D eigenvalue weighted by Gasteiger charge is -2.27. The predicted octanol–water partition coefficient (Wildman–Crippen LogP) is 3.75. The van der Waals surface area contributed by atoms with Crippen LogP contribution in [0, 0.1) is 11.6 Å². The Bertz CT molecular complexity index is 2620. The molecule has 2 aromatic carbocycles. The molecule has 4 aromatic rings. The topological polar surface area (TPSA) is 279 Å². The third-order valence-corrected chi connectivity index (χ3v) is 11.0. The Kier molecular flexibility index (Phi) is 20.0. The van der Waals surface area contributed by atoms with Gasteiger partial charge in [0.1, 0.15) is 61.4 Å². The average Bonchev–Trinajstić information content (AvgIpc) is 3.98. The smallest absolute Gasteiger partial charge is 0.414 e. The largest absolute Gasteiger partial charge is 0.480 e. The zero-order chi connectivity index (χ0) is 51.0. The third kappa shape index (κ3) is 14.5. The van der Waals surface area contributed by atoms with Crippen molar-refractivity contribution in [3.8, 4) is 22.3 Å². The summed E-state index contributed by atoms with van der Waals surface area (Å²) < 4.78 is 49.6. The van der Waals surface area contributed by atoms with Gasteiger partial charge in [0.15, 0.2) is 0 Å². The highest BCUT2D eigenvalue weighted by atomic mass is 35.5. The number of aliphatic carboxylic acids is 1. The molecule has 26 heteroatoms. The minimum Gasteiger partial charge on any atom is -0.480 e. The summed E-state index contributed by atoms with van der Waals surface area (Å²) in [5.74, 6) is -2.13. The molecule has 384 valence electrons. The van der Waals surface area contributed by atoms with Gasteiger partial charge in [-0.2, -0.15) is 10.2 Å². The lowest BCUT2D eigenvalue weighted by molar-refractivity contribution is -0.142. The van der Waals surface area contributed by atoms with Crippen LogP contribution >= 0.6 is 12.4 Å². The van der Waals surface area contributed by atoms with Crippen LogP contribution < -0.4 is 25.0 Å². The molecule has 4 aliphatic heterocycles. The molecule has 2 saturated heterocycles. The lowest BCUT2D eigenvalue weighted by atomic mass is 10.1. The highest BCUT2D eigenvalue weighted by molar-refractivity contribution is 5.91. The van der Waals surface area contributed by atoms with Gasteiger partial charge in [0.05, 0.1) is 51.8 Å². The van der Waals surface area contributed by atoms with Crippen molar-refractivity contribution in [3.05, 3.63) is 84.7 Å². The van der Waals surface area contributed by atoms with Gasteiger partial charge < -0.3 is 49.5 Å².